The van der Waals surface area contributed by atoms with E-state index in [0.717, 1.165) is 25.2 Å². The summed E-state index contributed by atoms with van der Waals surface area (Å²) < 4.78 is 0. The highest BCUT2D eigenvalue weighted by atomic mass is 15.5. The molecule has 0 bridgehead atoms. The Balaban J connectivity index is 1.62. The summed E-state index contributed by atoms with van der Waals surface area (Å²) in [5.74, 6) is 0. The number of pyridine rings is 1. The molecular formula is C16H18N4. The first-order valence-electron chi connectivity index (χ1n) is 7.04. The van der Waals surface area contributed by atoms with Crippen LogP contribution in [-0.4, -0.2) is 23.1 Å². The first-order valence-corrected chi connectivity index (χ1v) is 7.04. The van der Waals surface area contributed by atoms with Crippen molar-refractivity contribution in [3.05, 3.63) is 59.9 Å². The molecule has 1 aromatic heterocycles. The van der Waals surface area contributed by atoms with E-state index in [-0.39, 0.29) is 0 Å². The number of benzene rings is 1. The molecule has 2 aromatic rings. The smallest absolute Gasteiger partial charge is 0.0874 e. The van der Waals surface area contributed by atoms with Crippen LogP contribution in [0.25, 0.3) is 0 Å². The van der Waals surface area contributed by atoms with E-state index in [1.165, 1.54) is 24.0 Å². The van der Waals surface area contributed by atoms with Gasteiger partial charge in [-0.05, 0) is 54.7 Å². The average molecular weight is 266 g/mol. The van der Waals surface area contributed by atoms with Gasteiger partial charge in [-0.1, -0.05) is 17.4 Å². The maximum absolute atomic E-state index is 4.28. The minimum absolute atomic E-state index is 0.912. The van der Waals surface area contributed by atoms with Crippen molar-refractivity contribution in [3.63, 3.8) is 0 Å². The van der Waals surface area contributed by atoms with Crippen LogP contribution in [0.4, 0.5) is 5.69 Å². The van der Waals surface area contributed by atoms with Crippen LogP contribution in [0.1, 0.15) is 24.0 Å². The number of hydrogen-bond donors (Lipinski definition) is 0. The van der Waals surface area contributed by atoms with Gasteiger partial charge in [0.05, 0.1) is 5.69 Å². The second kappa shape index (κ2) is 6.28. The number of nitrogens with zero attached hydrogens (tertiary/aromatic N) is 4. The standard InChI is InChI=1S/C16H18N4/c1-2-12-20(11-1)19-18-16-5-3-14(4-6-16)13-15-7-9-17-10-8-15/h3-10H,1-2,11-13H2. The van der Waals surface area contributed by atoms with Crippen LogP contribution in [0.15, 0.2) is 59.1 Å². The molecule has 0 aliphatic carbocycles. The molecule has 1 saturated heterocycles. The first-order chi connectivity index (χ1) is 9.90. The molecule has 1 aliphatic rings. The third-order valence-corrected chi connectivity index (χ3v) is 3.46. The molecule has 0 amide bonds. The van der Waals surface area contributed by atoms with E-state index in [1.54, 1.807) is 0 Å². The summed E-state index contributed by atoms with van der Waals surface area (Å²) in [6.07, 6.45) is 7.03. The molecule has 4 nitrogen and oxygen atoms in total. The summed E-state index contributed by atoms with van der Waals surface area (Å²) in [4.78, 5) is 4.03. The zero-order valence-corrected chi connectivity index (χ0v) is 11.4. The maximum Gasteiger partial charge on any atom is 0.0874 e. The van der Waals surface area contributed by atoms with Crippen molar-refractivity contribution in [2.24, 2.45) is 10.3 Å². The SMILES string of the molecule is c1cc(Cc2ccc(N=NN3CCCC3)cc2)ccn1. The van der Waals surface area contributed by atoms with Crippen molar-refractivity contribution < 1.29 is 0 Å². The Bertz CT molecular complexity index is 557. The molecule has 0 spiro atoms. The minimum Gasteiger partial charge on any atom is -0.278 e. The van der Waals surface area contributed by atoms with Gasteiger partial charge in [0.25, 0.3) is 0 Å². The second-order valence-corrected chi connectivity index (χ2v) is 5.05. The van der Waals surface area contributed by atoms with E-state index in [9.17, 15) is 0 Å². The van der Waals surface area contributed by atoms with Gasteiger partial charge in [0.1, 0.15) is 0 Å². The Morgan fingerprint density at radius 2 is 1.55 bits per heavy atom. The normalized spacial score (nSPS) is 15.1. The van der Waals surface area contributed by atoms with E-state index in [4.69, 9.17) is 0 Å². The molecule has 20 heavy (non-hydrogen) atoms. The molecule has 0 atom stereocenters. The molecule has 0 N–H and O–H groups in total. The zero-order chi connectivity index (χ0) is 13.6. The van der Waals surface area contributed by atoms with Gasteiger partial charge in [0.15, 0.2) is 0 Å². The first kappa shape index (κ1) is 12.8. The number of hydrogen-bond acceptors (Lipinski definition) is 3. The quantitative estimate of drug-likeness (QED) is 0.790. The van der Waals surface area contributed by atoms with E-state index in [2.05, 4.69) is 27.5 Å². The fourth-order valence-electron chi connectivity index (χ4n) is 2.32. The molecular weight excluding hydrogens is 248 g/mol. The lowest BCUT2D eigenvalue weighted by Gasteiger charge is -2.07. The summed E-state index contributed by atoms with van der Waals surface area (Å²) in [6, 6.07) is 12.4. The van der Waals surface area contributed by atoms with E-state index < -0.39 is 0 Å². The van der Waals surface area contributed by atoms with Crippen molar-refractivity contribution in [2.75, 3.05) is 13.1 Å². The Morgan fingerprint density at radius 1 is 0.900 bits per heavy atom. The average Bonchev–Trinajstić information content (AvgIpc) is 3.01. The topological polar surface area (TPSA) is 40.9 Å². The summed E-state index contributed by atoms with van der Waals surface area (Å²) >= 11 is 0. The molecule has 2 heterocycles. The van der Waals surface area contributed by atoms with Crippen molar-refractivity contribution in [3.8, 4) is 0 Å². The van der Waals surface area contributed by atoms with Crippen LogP contribution in [-0.2, 0) is 6.42 Å². The second-order valence-electron chi connectivity index (χ2n) is 5.05. The third kappa shape index (κ3) is 3.41. The molecule has 4 heteroatoms. The van der Waals surface area contributed by atoms with Gasteiger partial charge in [0.2, 0.25) is 0 Å². The predicted octanol–water partition coefficient (Wildman–Crippen LogP) is 3.77. The van der Waals surface area contributed by atoms with E-state index >= 15 is 0 Å². The number of rotatable bonds is 4. The van der Waals surface area contributed by atoms with Gasteiger partial charge in [-0.25, -0.2) is 0 Å². The van der Waals surface area contributed by atoms with Crippen LogP contribution in [0.3, 0.4) is 0 Å². The predicted molar refractivity (Wildman–Crippen MR) is 78.8 cm³/mol. The van der Waals surface area contributed by atoms with Crippen molar-refractivity contribution in [1.29, 1.82) is 0 Å². The van der Waals surface area contributed by atoms with Gasteiger partial charge >= 0.3 is 0 Å². The van der Waals surface area contributed by atoms with Gasteiger partial charge in [-0.3, -0.25) is 9.99 Å². The maximum atomic E-state index is 4.28. The van der Waals surface area contributed by atoms with Crippen LogP contribution in [0.5, 0.6) is 0 Å². The fourth-order valence-corrected chi connectivity index (χ4v) is 2.32. The highest BCUT2D eigenvalue weighted by Crippen LogP contribution is 2.17. The highest BCUT2D eigenvalue weighted by Gasteiger charge is 2.08. The van der Waals surface area contributed by atoms with Crippen molar-refractivity contribution in [2.45, 2.75) is 19.3 Å². The fraction of sp³-hybridized carbons (Fsp3) is 0.312. The van der Waals surface area contributed by atoms with Crippen molar-refractivity contribution >= 4 is 5.69 Å². The molecule has 0 unspecified atom stereocenters. The monoisotopic (exact) mass is 266 g/mol. The zero-order valence-electron chi connectivity index (χ0n) is 11.4. The summed E-state index contributed by atoms with van der Waals surface area (Å²) in [5, 5.41) is 10.6. The van der Waals surface area contributed by atoms with Gasteiger partial charge in [-0.15, -0.1) is 5.11 Å². The van der Waals surface area contributed by atoms with Crippen LogP contribution < -0.4 is 0 Å². The molecule has 1 aliphatic heterocycles. The van der Waals surface area contributed by atoms with Crippen LogP contribution >= 0.6 is 0 Å². The van der Waals surface area contributed by atoms with E-state index in [1.807, 2.05) is 41.7 Å². The van der Waals surface area contributed by atoms with Gasteiger partial charge in [-0.2, -0.15) is 0 Å². The molecule has 1 fully saturated rings. The summed E-state index contributed by atoms with van der Waals surface area (Å²) in [7, 11) is 0. The molecule has 1 aromatic carbocycles. The molecule has 3 rings (SSSR count). The Morgan fingerprint density at radius 3 is 2.25 bits per heavy atom. The van der Waals surface area contributed by atoms with E-state index in [0.29, 0.717) is 0 Å². The Kier molecular flexibility index (Phi) is 4.01. The summed E-state index contributed by atoms with van der Waals surface area (Å²) in [5.41, 5.74) is 3.46. The molecule has 0 saturated carbocycles. The lowest BCUT2D eigenvalue weighted by Crippen LogP contribution is -2.09. The largest absolute Gasteiger partial charge is 0.278 e. The third-order valence-electron chi connectivity index (χ3n) is 3.46. The Labute approximate surface area is 119 Å². The lowest BCUT2D eigenvalue weighted by atomic mass is 10.1. The highest BCUT2D eigenvalue weighted by molar-refractivity contribution is 5.39. The van der Waals surface area contributed by atoms with Crippen molar-refractivity contribution in [1.82, 2.24) is 9.99 Å². The molecule has 102 valence electrons. The molecule has 0 radical (unpaired) electrons. The van der Waals surface area contributed by atoms with Gasteiger partial charge < -0.3 is 0 Å². The van der Waals surface area contributed by atoms with Crippen LogP contribution in [0, 0.1) is 0 Å². The minimum atomic E-state index is 0.912. The Hall–Kier alpha value is -2.23. The summed E-state index contributed by atoms with van der Waals surface area (Å²) in [6.45, 7) is 2.06. The number of aromatic nitrogens is 1. The lowest BCUT2D eigenvalue weighted by molar-refractivity contribution is 0.336. The van der Waals surface area contributed by atoms with Gasteiger partial charge in [0, 0.05) is 25.5 Å². The van der Waals surface area contributed by atoms with Crippen LogP contribution in [0.2, 0.25) is 0 Å².